The maximum absolute atomic E-state index is 10.9. The van der Waals surface area contributed by atoms with Gasteiger partial charge in [-0.15, -0.1) is 24.0 Å². The van der Waals surface area contributed by atoms with Gasteiger partial charge in [-0.2, -0.15) is 0 Å². The molecule has 0 atom stereocenters. The molecule has 2 rings (SSSR count). The van der Waals surface area contributed by atoms with Crippen LogP contribution >= 0.6 is 39.9 Å². The van der Waals surface area contributed by atoms with E-state index in [1.807, 2.05) is 6.07 Å². The van der Waals surface area contributed by atoms with Gasteiger partial charge in [0.25, 0.3) is 0 Å². The van der Waals surface area contributed by atoms with Crippen LogP contribution < -0.4 is 0 Å². The normalized spacial score (nSPS) is 10.7. The van der Waals surface area contributed by atoms with Crippen molar-refractivity contribution in [3.63, 3.8) is 0 Å². The van der Waals surface area contributed by atoms with E-state index >= 15 is 0 Å². The van der Waals surface area contributed by atoms with Crippen molar-refractivity contribution in [3.05, 3.63) is 28.6 Å². The second-order valence-electron chi connectivity index (χ2n) is 2.92. The lowest BCUT2D eigenvalue weighted by atomic mass is 10.1. The van der Waals surface area contributed by atoms with Gasteiger partial charge in [-0.25, -0.2) is 0 Å². The summed E-state index contributed by atoms with van der Waals surface area (Å²) in [5.41, 5.74) is 1.89. The molecule has 0 aliphatic rings. The van der Waals surface area contributed by atoms with Crippen molar-refractivity contribution in [2.75, 3.05) is 0 Å². The van der Waals surface area contributed by atoms with Gasteiger partial charge in [-0.05, 0) is 23.1 Å². The molecule has 0 bridgehead atoms. The van der Waals surface area contributed by atoms with Crippen molar-refractivity contribution in [1.82, 2.24) is 0 Å². The summed E-state index contributed by atoms with van der Waals surface area (Å²) in [6.07, 6.45) is 0.890. The predicted molar refractivity (Wildman–Crippen MR) is 67.1 cm³/mol. The lowest BCUT2D eigenvalue weighted by Gasteiger charge is -1.99. The number of rotatable bonds is 2. The number of fused-ring (bicyclic) bond motifs is 1. The third-order valence-corrected chi connectivity index (χ3v) is 3.88. The SMILES string of the molecule is O=Cc1cc(S)cc2scc(CBr)c12. The van der Waals surface area contributed by atoms with Gasteiger partial charge in [0.15, 0.2) is 6.29 Å². The fraction of sp³-hybridized carbons (Fsp3) is 0.100. The monoisotopic (exact) mass is 286 g/mol. The number of carbonyl (C=O) groups excluding carboxylic acids is 1. The standard InChI is InChI=1S/C10H7BrOS2/c11-3-7-5-14-9-2-8(13)1-6(4-12)10(7)9/h1-2,4-5,13H,3H2. The summed E-state index contributed by atoms with van der Waals surface area (Å²) in [5, 5.41) is 3.90. The number of hydrogen-bond donors (Lipinski definition) is 1. The summed E-state index contributed by atoms with van der Waals surface area (Å²) >= 11 is 9.31. The molecule has 1 aromatic carbocycles. The zero-order chi connectivity index (χ0) is 10.1. The first-order chi connectivity index (χ1) is 6.76. The minimum atomic E-state index is 0.725. The van der Waals surface area contributed by atoms with Crippen molar-refractivity contribution in [3.8, 4) is 0 Å². The topological polar surface area (TPSA) is 17.1 Å². The summed E-state index contributed by atoms with van der Waals surface area (Å²) in [6, 6.07) is 3.79. The zero-order valence-corrected chi connectivity index (χ0v) is 10.5. The molecular weight excluding hydrogens is 280 g/mol. The number of hydrogen-bond acceptors (Lipinski definition) is 3. The fourth-order valence-electron chi connectivity index (χ4n) is 1.44. The Morgan fingerprint density at radius 1 is 1.50 bits per heavy atom. The van der Waals surface area contributed by atoms with Crippen molar-refractivity contribution in [1.29, 1.82) is 0 Å². The second-order valence-corrected chi connectivity index (χ2v) is 4.91. The third kappa shape index (κ3) is 1.62. The van der Waals surface area contributed by atoms with E-state index in [-0.39, 0.29) is 0 Å². The highest BCUT2D eigenvalue weighted by Crippen LogP contribution is 2.32. The molecule has 0 amide bonds. The van der Waals surface area contributed by atoms with Crippen LogP contribution in [-0.4, -0.2) is 6.29 Å². The van der Waals surface area contributed by atoms with Gasteiger partial charge in [-0.1, -0.05) is 15.9 Å². The van der Waals surface area contributed by atoms with Crippen LogP contribution in [0.5, 0.6) is 0 Å². The summed E-state index contributed by atoms with van der Waals surface area (Å²) in [4.78, 5) is 11.7. The Bertz CT molecular complexity index is 490. The van der Waals surface area contributed by atoms with Crippen LogP contribution in [0.2, 0.25) is 0 Å². The summed E-state index contributed by atoms with van der Waals surface area (Å²) in [7, 11) is 0. The second kappa shape index (κ2) is 4.04. The lowest BCUT2D eigenvalue weighted by Crippen LogP contribution is -1.84. The maximum atomic E-state index is 10.9. The quantitative estimate of drug-likeness (QED) is 0.503. The van der Waals surface area contributed by atoms with E-state index in [0.717, 1.165) is 32.2 Å². The summed E-state index contributed by atoms with van der Waals surface area (Å²) in [5.74, 6) is 0. The van der Waals surface area contributed by atoms with Gasteiger partial charge >= 0.3 is 0 Å². The van der Waals surface area contributed by atoms with E-state index in [1.54, 1.807) is 17.4 Å². The minimum Gasteiger partial charge on any atom is -0.298 e. The highest BCUT2D eigenvalue weighted by molar-refractivity contribution is 9.08. The average Bonchev–Trinajstić information content (AvgIpc) is 2.59. The van der Waals surface area contributed by atoms with Crippen molar-refractivity contribution < 1.29 is 4.79 Å². The van der Waals surface area contributed by atoms with Crippen LogP contribution in [0.1, 0.15) is 15.9 Å². The van der Waals surface area contributed by atoms with Gasteiger partial charge in [0.1, 0.15) is 0 Å². The molecule has 1 nitrogen and oxygen atoms in total. The van der Waals surface area contributed by atoms with Gasteiger partial charge in [0.05, 0.1) is 0 Å². The molecular formula is C10H7BrOS2. The van der Waals surface area contributed by atoms with Crippen LogP contribution in [0.25, 0.3) is 10.1 Å². The Balaban J connectivity index is 2.85. The number of aldehydes is 1. The van der Waals surface area contributed by atoms with Gasteiger partial charge in [-0.3, -0.25) is 4.79 Å². The Morgan fingerprint density at radius 2 is 2.29 bits per heavy atom. The van der Waals surface area contributed by atoms with Gasteiger partial charge in [0, 0.05) is 25.9 Å². The van der Waals surface area contributed by atoms with Crippen LogP contribution in [0, 0.1) is 0 Å². The molecule has 0 unspecified atom stereocenters. The highest BCUT2D eigenvalue weighted by atomic mass is 79.9. The van der Waals surface area contributed by atoms with Crippen molar-refractivity contribution in [2.45, 2.75) is 10.2 Å². The molecule has 0 saturated heterocycles. The van der Waals surface area contributed by atoms with E-state index < -0.39 is 0 Å². The Labute approximate surface area is 99.7 Å². The third-order valence-electron chi connectivity index (χ3n) is 2.04. The first kappa shape index (κ1) is 10.2. The van der Waals surface area contributed by atoms with Crippen molar-refractivity contribution in [2.24, 2.45) is 0 Å². The Kier molecular flexibility index (Phi) is 2.95. The van der Waals surface area contributed by atoms with Crippen LogP contribution in [0.4, 0.5) is 0 Å². The molecule has 2 aromatic rings. The molecule has 0 fully saturated rings. The predicted octanol–water partition coefficient (Wildman–Crippen LogP) is 3.90. The van der Waals surface area contributed by atoms with Crippen LogP contribution in [0.3, 0.4) is 0 Å². The minimum absolute atomic E-state index is 0.725. The van der Waals surface area contributed by atoms with E-state index in [0.29, 0.717) is 0 Å². The number of thiophene rings is 1. The molecule has 1 aromatic heterocycles. The Morgan fingerprint density at radius 3 is 2.93 bits per heavy atom. The van der Waals surface area contributed by atoms with E-state index in [2.05, 4.69) is 33.9 Å². The van der Waals surface area contributed by atoms with Gasteiger partial charge < -0.3 is 0 Å². The van der Waals surface area contributed by atoms with Crippen LogP contribution in [-0.2, 0) is 5.33 Å². The molecule has 14 heavy (non-hydrogen) atoms. The molecule has 0 aliphatic heterocycles. The first-order valence-corrected chi connectivity index (χ1v) is 6.45. The molecule has 0 radical (unpaired) electrons. The smallest absolute Gasteiger partial charge is 0.150 e. The summed E-state index contributed by atoms with van der Waals surface area (Å²) < 4.78 is 1.12. The molecule has 4 heteroatoms. The average molecular weight is 287 g/mol. The first-order valence-electron chi connectivity index (χ1n) is 4.00. The molecule has 72 valence electrons. The van der Waals surface area contributed by atoms with Crippen LogP contribution in [0.15, 0.2) is 22.4 Å². The number of carbonyl (C=O) groups is 1. The largest absolute Gasteiger partial charge is 0.298 e. The molecule has 0 saturated carbocycles. The number of alkyl halides is 1. The highest BCUT2D eigenvalue weighted by Gasteiger charge is 2.08. The molecule has 0 spiro atoms. The molecule has 0 N–H and O–H groups in total. The van der Waals surface area contributed by atoms with Gasteiger partial charge in [0.2, 0.25) is 0 Å². The molecule has 1 heterocycles. The van der Waals surface area contributed by atoms with E-state index in [4.69, 9.17) is 0 Å². The van der Waals surface area contributed by atoms with Crippen molar-refractivity contribution >= 4 is 56.3 Å². The fourth-order valence-corrected chi connectivity index (χ4v) is 3.49. The Hall–Kier alpha value is -0.320. The number of halogens is 1. The number of thiol groups is 1. The van der Waals surface area contributed by atoms with E-state index in [9.17, 15) is 4.79 Å². The van der Waals surface area contributed by atoms with E-state index in [1.165, 1.54) is 5.56 Å². The number of benzene rings is 1. The zero-order valence-electron chi connectivity index (χ0n) is 7.16. The maximum Gasteiger partial charge on any atom is 0.150 e. The lowest BCUT2D eigenvalue weighted by molar-refractivity contribution is 0.112. The summed E-state index contributed by atoms with van der Waals surface area (Å²) in [6.45, 7) is 0. The molecule has 0 aliphatic carbocycles.